The Morgan fingerprint density at radius 1 is 1.00 bits per heavy atom. The number of ether oxygens (including phenoxy) is 4. The van der Waals surface area contributed by atoms with Gasteiger partial charge < -0.3 is 19.3 Å². The number of fused-ring (bicyclic) bond motifs is 1. The van der Waals surface area contributed by atoms with Crippen molar-refractivity contribution in [2.75, 3.05) is 0 Å². The molecule has 1 N–H and O–H groups in total. The fourth-order valence-corrected chi connectivity index (χ4v) is 4.66. The number of hydrogen-bond donors (Lipinski definition) is 1. The van der Waals surface area contributed by atoms with Gasteiger partial charge in [0.15, 0.2) is 23.8 Å². The van der Waals surface area contributed by atoms with Crippen LogP contribution in [-0.2, 0) is 21.0 Å². The summed E-state index contributed by atoms with van der Waals surface area (Å²) in [5.74, 6) is -2.67. The van der Waals surface area contributed by atoms with E-state index in [0.717, 1.165) is 0 Å². The quantitative estimate of drug-likeness (QED) is 0.716. The number of phenolic OH excluding ortho intramolecular Hbond substituents is 1. The molecule has 0 radical (unpaired) electrons. The Hall–Kier alpha value is -3.16. The molecule has 27 heavy (non-hydrogen) atoms. The number of rotatable bonds is 0. The summed E-state index contributed by atoms with van der Waals surface area (Å²) in [6.45, 7) is 0. The standard InChI is InChI=1S/C20H10O7/c21-9-6-7-19-14-8(9)2-1-3-11(14)26-20(27-19)15-12(25-19)5-4-10(22)13(15)16(23)17-18(20)24-17/h1-7,17-18,22H/t17-,18-,19+,20-/m0/s1. The van der Waals surface area contributed by atoms with E-state index in [1.165, 1.54) is 12.1 Å². The molecule has 3 heterocycles. The van der Waals surface area contributed by atoms with Crippen LogP contribution >= 0.6 is 0 Å². The Balaban J connectivity index is 1.61. The minimum atomic E-state index is -1.43. The number of epoxide rings is 1. The summed E-state index contributed by atoms with van der Waals surface area (Å²) < 4.78 is 24.4. The van der Waals surface area contributed by atoms with Crippen LogP contribution in [0.2, 0.25) is 0 Å². The number of carbonyl (C=O) groups excluding carboxylic acids is 2. The van der Waals surface area contributed by atoms with Crippen LogP contribution in [-0.4, -0.2) is 28.9 Å². The smallest absolute Gasteiger partial charge is 0.275 e. The second kappa shape index (κ2) is 3.90. The molecule has 2 aromatic rings. The zero-order valence-electron chi connectivity index (χ0n) is 13.6. The van der Waals surface area contributed by atoms with E-state index in [4.69, 9.17) is 18.9 Å². The van der Waals surface area contributed by atoms with Gasteiger partial charge in [-0.1, -0.05) is 12.1 Å². The molecule has 0 saturated carbocycles. The van der Waals surface area contributed by atoms with Crippen molar-refractivity contribution in [2.24, 2.45) is 0 Å². The number of phenols is 1. The van der Waals surface area contributed by atoms with E-state index in [2.05, 4.69) is 0 Å². The Morgan fingerprint density at radius 3 is 2.74 bits per heavy atom. The predicted octanol–water partition coefficient (Wildman–Crippen LogP) is 1.92. The average molecular weight is 362 g/mol. The molecule has 2 aromatic carbocycles. The molecule has 0 amide bonds. The summed E-state index contributed by atoms with van der Waals surface area (Å²) in [4.78, 5) is 25.0. The summed E-state index contributed by atoms with van der Waals surface area (Å²) >= 11 is 0. The van der Waals surface area contributed by atoms with Crippen molar-refractivity contribution in [3.63, 3.8) is 0 Å². The molecule has 7 heteroatoms. The fraction of sp³-hybridized carbons (Fsp3) is 0.200. The molecule has 0 aromatic heterocycles. The molecule has 1 fully saturated rings. The van der Waals surface area contributed by atoms with Crippen molar-refractivity contribution in [1.29, 1.82) is 0 Å². The number of ketones is 2. The van der Waals surface area contributed by atoms with Gasteiger partial charge in [-0.3, -0.25) is 14.3 Å². The Morgan fingerprint density at radius 2 is 1.85 bits per heavy atom. The second-order valence-electron chi connectivity index (χ2n) is 7.19. The maximum Gasteiger partial charge on any atom is 0.275 e. The number of carbonyl (C=O) groups is 2. The first-order valence-corrected chi connectivity index (χ1v) is 8.55. The monoisotopic (exact) mass is 362 g/mol. The van der Waals surface area contributed by atoms with Crippen LogP contribution in [0.4, 0.5) is 0 Å². The largest absolute Gasteiger partial charge is 0.507 e. The van der Waals surface area contributed by atoms with E-state index >= 15 is 0 Å². The van der Waals surface area contributed by atoms with Crippen molar-refractivity contribution >= 4 is 11.6 Å². The molecular weight excluding hydrogens is 352 g/mol. The molecule has 7 nitrogen and oxygen atoms in total. The average Bonchev–Trinajstić information content (AvgIpc) is 3.46. The zero-order chi connectivity index (χ0) is 18.1. The zero-order valence-corrected chi connectivity index (χ0v) is 13.6. The topological polar surface area (TPSA) is 94.6 Å². The maximum absolute atomic E-state index is 12.7. The van der Waals surface area contributed by atoms with Crippen molar-refractivity contribution < 1.29 is 33.6 Å². The van der Waals surface area contributed by atoms with E-state index in [1.54, 1.807) is 30.3 Å². The highest BCUT2D eigenvalue weighted by Crippen LogP contribution is 2.64. The van der Waals surface area contributed by atoms with Crippen LogP contribution in [0.25, 0.3) is 0 Å². The Bertz CT molecular complexity index is 1170. The van der Waals surface area contributed by atoms with E-state index in [1.807, 2.05) is 0 Å². The third-order valence-corrected chi connectivity index (χ3v) is 5.79. The Labute approximate surface area is 151 Å². The van der Waals surface area contributed by atoms with Crippen LogP contribution in [0.1, 0.15) is 31.8 Å². The maximum atomic E-state index is 12.7. The fourth-order valence-electron chi connectivity index (χ4n) is 4.66. The number of benzene rings is 2. The first kappa shape index (κ1) is 14.0. The molecule has 2 aliphatic carbocycles. The Kier molecular flexibility index (Phi) is 2.02. The number of Topliss-reactive ketones (excluding diaryl/α,β-unsaturated/α-hetero) is 1. The summed E-state index contributed by atoms with van der Waals surface area (Å²) in [5.41, 5.74) is 1.36. The third kappa shape index (κ3) is 1.35. The van der Waals surface area contributed by atoms with E-state index in [-0.39, 0.29) is 22.9 Å². The molecule has 132 valence electrons. The summed E-state index contributed by atoms with van der Waals surface area (Å²) in [5, 5.41) is 10.3. The predicted molar refractivity (Wildman–Crippen MR) is 86.7 cm³/mol. The first-order valence-electron chi connectivity index (χ1n) is 8.55. The highest BCUT2D eigenvalue weighted by molar-refractivity contribution is 6.09. The molecular formula is C20H10O7. The van der Waals surface area contributed by atoms with Gasteiger partial charge in [0, 0.05) is 5.56 Å². The molecule has 7 rings (SSSR count). The van der Waals surface area contributed by atoms with Gasteiger partial charge in [0.25, 0.3) is 11.6 Å². The van der Waals surface area contributed by atoms with Gasteiger partial charge in [-0.25, -0.2) is 0 Å². The van der Waals surface area contributed by atoms with Gasteiger partial charge in [-0.05, 0) is 30.4 Å². The third-order valence-electron chi connectivity index (χ3n) is 5.79. The summed E-state index contributed by atoms with van der Waals surface area (Å²) in [6.07, 6.45) is 1.58. The molecule has 2 bridgehead atoms. The minimum Gasteiger partial charge on any atom is -0.507 e. The highest BCUT2D eigenvalue weighted by Gasteiger charge is 2.74. The van der Waals surface area contributed by atoms with Crippen LogP contribution in [0, 0.1) is 0 Å². The van der Waals surface area contributed by atoms with Crippen molar-refractivity contribution in [3.8, 4) is 17.2 Å². The van der Waals surface area contributed by atoms with Crippen LogP contribution in [0.15, 0.2) is 42.5 Å². The second-order valence-corrected chi connectivity index (χ2v) is 7.19. The lowest BCUT2D eigenvalue weighted by atomic mass is 9.80. The van der Waals surface area contributed by atoms with E-state index in [9.17, 15) is 14.7 Å². The lowest BCUT2D eigenvalue weighted by Gasteiger charge is -2.52. The van der Waals surface area contributed by atoms with E-state index < -0.39 is 23.8 Å². The SMILES string of the molecule is O=C1C=C[C@]23Oc4ccc(O)c5c4[C@](Oc4cccc1c42)(O3)[C@H]1O[C@H]1C5=O. The summed E-state index contributed by atoms with van der Waals surface area (Å²) in [6, 6.07) is 8.13. The minimum absolute atomic E-state index is 0.0940. The number of allylic oxidation sites excluding steroid dienone is 1. The van der Waals surface area contributed by atoms with Crippen LogP contribution in [0.5, 0.6) is 17.2 Å². The van der Waals surface area contributed by atoms with Crippen molar-refractivity contribution in [1.82, 2.24) is 0 Å². The summed E-state index contributed by atoms with van der Waals surface area (Å²) in [7, 11) is 0. The first-order chi connectivity index (χ1) is 13.0. The number of aromatic hydroxyl groups is 1. The van der Waals surface area contributed by atoms with Gasteiger partial charge in [-0.15, -0.1) is 0 Å². The molecule has 2 spiro atoms. The van der Waals surface area contributed by atoms with Crippen LogP contribution < -0.4 is 9.47 Å². The van der Waals surface area contributed by atoms with Gasteiger partial charge in [0.2, 0.25) is 0 Å². The van der Waals surface area contributed by atoms with Crippen molar-refractivity contribution in [2.45, 2.75) is 23.8 Å². The lowest BCUT2D eigenvalue weighted by molar-refractivity contribution is -0.345. The van der Waals surface area contributed by atoms with Gasteiger partial charge in [0.05, 0.1) is 16.7 Å². The lowest BCUT2D eigenvalue weighted by Crippen LogP contribution is -2.60. The van der Waals surface area contributed by atoms with Crippen LogP contribution in [0.3, 0.4) is 0 Å². The highest BCUT2D eigenvalue weighted by atomic mass is 16.8. The van der Waals surface area contributed by atoms with Gasteiger partial charge >= 0.3 is 0 Å². The molecule has 3 aliphatic heterocycles. The van der Waals surface area contributed by atoms with Crippen molar-refractivity contribution in [3.05, 3.63) is 64.7 Å². The molecule has 5 aliphatic rings. The molecule has 4 atom stereocenters. The normalized spacial score (nSPS) is 35.4. The van der Waals surface area contributed by atoms with Gasteiger partial charge in [0.1, 0.15) is 17.2 Å². The number of hydrogen-bond acceptors (Lipinski definition) is 7. The molecule has 0 unspecified atom stereocenters. The van der Waals surface area contributed by atoms with Gasteiger partial charge in [-0.2, -0.15) is 0 Å². The molecule has 1 saturated heterocycles. The van der Waals surface area contributed by atoms with E-state index in [0.29, 0.717) is 28.2 Å².